The molecule has 0 spiro atoms. The minimum atomic E-state index is -0.904. The minimum Gasteiger partial charge on any atom is -0.443 e. The van der Waals surface area contributed by atoms with E-state index in [0.717, 1.165) is 17.7 Å². The Bertz CT molecular complexity index is 878. The van der Waals surface area contributed by atoms with Crippen molar-refractivity contribution in [2.75, 3.05) is 11.5 Å². The first-order chi connectivity index (χ1) is 13.5. The van der Waals surface area contributed by atoms with Gasteiger partial charge in [0, 0.05) is 6.61 Å². The van der Waals surface area contributed by atoms with Crippen LogP contribution in [0.2, 0.25) is 0 Å². The van der Waals surface area contributed by atoms with Gasteiger partial charge in [0.15, 0.2) is 17.0 Å². The van der Waals surface area contributed by atoms with E-state index in [0.29, 0.717) is 12.3 Å². The fourth-order valence-corrected chi connectivity index (χ4v) is 2.86. The van der Waals surface area contributed by atoms with Crippen LogP contribution in [0.3, 0.4) is 0 Å². The van der Waals surface area contributed by atoms with Crippen LogP contribution in [0.1, 0.15) is 60.6 Å². The van der Waals surface area contributed by atoms with Gasteiger partial charge >= 0.3 is 12.2 Å². The summed E-state index contributed by atoms with van der Waals surface area (Å²) in [4.78, 5) is 39.3. The average molecular weight is 405 g/mol. The monoisotopic (exact) mass is 405 g/mol. The first kappa shape index (κ1) is 21.0. The van der Waals surface area contributed by atoms with Gasteiger partial charge in [0.05, 0.1) is 6.33 Å². The molecule has 0 saturated carbocycles. The molecule has 1 aliphatic rings. The molecule has 3 rings (SSSR count). The zero-order valence-corrected chi connectivity index (χ0v) is 17.6. The van der Waals surface area contributed by atoms with Crippen molar-refractivity contribution in [3.8, 4) is 0 Å². The topological polar surface area (TPSA) is 109 Å². The van der Waals surface area contributed by atoms with Crippen LogP contribution >= 0.6 is 0 Å². The number of amides is 2. The van der Waals surface area contributed by atoms with Crippen LogP contribution in [-0.4, -0.2) is 49.5 Å². The van der Waals surface area contributed by atoms with Gasteiger partial charge in [0.1, 0.15) is 23.8 Å². The number of nitrogens with zero attached hydrogens (tertiary/aromatic N) is 5. The van der Waals surface area contributed by atoms with Gasteiger partial charge in [-0.05, 0) is 54.4 Å². The summed E-state index contributed by atoms with van der Waals surface area (Å²) in [6.45, 7) is 10.9. The number of ether oxygens (including phenoxy) is 3. The van der Waals surface area contributed by atoms with Crippen molar-refractivity contribution in [1.82, 2.24) is 19.5 Å². The van der Waals surface area contributed by atoms with E-state index in [1.54, 1.807) is 52.4 Å². The number of fused-ring (bicyclic) bond motifs is 1. The number of hydrogen-bond donors (Lipinski definition) is 0. The molecular weight excluding hydrogens is 378 g/mol. The molecule has 10 heteroatoms. The summed E-state index contributed by atoms with van der Waals surface area (Å²) in [6, 6.07) is 0. The third-order valence-corrected chi connectivity index (χ3v) is 3.92. The van der Waals surface area contributed by atoms with Gasteiger partial charge in [-0.1, -0.05) is 0 Å². The van der Waals surface area contributed by atoms with Gasteiger partial charge in [-0.2, -0.15) is 4.90 Å². The maximum absolute atomic E-state index is 12.9. The van der Waals surface area contributed by atoms with Crippen molar-refractivity contribution in [2.45, 2.75) is 71.8 Å². The Hall–Kier alpha value is -2.75. The highest BCUT2D eigenvalue weighted by Gasteiger charge is 2.36. The zero-order valence-electron chi connectivity index (χ0n) is 17.6. The quantitative estimate of drug-likeness (QED) is 0.742. The molecule has 2 aromatic heterocycles. The molecule has 1 saturated heterocycles. The lowest BCUT2D eigenvalue weighted by atomic mass is 10.2. The fourth-order valence-electron chi connectivity index (χ4n) is 2.86. The van der Waals surface area contributed by atoms with Crippen LogP contribution in [0.15, 0.2) is 12.7 Å². The van der Waals surface area contributed by atoms with Crippen LogP contribution in [0, 0.1) is 0 Å². The summed E-state index contributed by atoms with van der Waals surface area (Å²) in [7, 11) is 0. The van der Waals surface area contributed by atoms with Gasteiger partial charge in [-0.25, -0.2) is 24.5 Å². The lowest BCUT2D eigenvalue weighted by Crippen LogP contribution is -2.44. The van der Waals surface area contributed by atoms with E-state index in [1.165, 1.54) is 6.33 Å². The maximum atomic E-state index is 12.9. The molecule has 0 aromatic carbocycles. The highest BCUT2D eigenvalue weighted by molar-refractivity contribution is 6.12. The van der Waals surface area contributed by atoms with Crippen LogP contribution in [0.5, 0.6) is 0 Å². The molecule has 1 aliphatic heterocycles. The molecule has 0 radical (unpaired) electrons. The number of imidazole rings is 1. The van der Waals surface area contributed by atoms with Crippen molar-refractivity contribution in [3.05, 3.63) is 12.7 Å². The van der Waals surface area contributed by atoms with E-state index < -0.39 is 23.4 Å². The molecule has 1 fully saturated rings. The number of carbonyl (C=O) groups excluding carboxylic acids is 2. The smallest absolute Gasteiger partial charge is 0.425 e. The largest absolute Gasteiger partial charge is 0.443 e. The zero-order chi connectivity index (χ0) is 21.4. The van der Waals surface area contributed by atoms with Gasteiger partial charge in [-0.15, -0.1) is 0 Å². The van der Waals surface area contributed by atoms with Crippen molar-refractivity contribution in [1.29, 1.82) is 0 Å². The molecule has 29 heavy (non-hydrogen) atoms. The van der Waals surface area contributed by atoms with Crippen LogP contribution in [0.4, 0.5) is 15.4 Å². The number of carbonyl (C=O) groups is 2. The van der Waals surface area contributed by atoms with E-state index >= 15 is 0 Å². The van der Waals surface area contributed by atoms with Gasteiger partial charge in [0.25, 0.3) is 0 Å². The Balaban J connectivity index is 2.06. The fraction of sp³-hybridized carbons (Fsp3) is 0.632. The van der Waals surface area contributed by atoms with Crippen molar-refractivity contribution < 1.29 is 23.8 Å². The number of imide groups is 1. The predicted molar refractivity (Wildman–Crippen MR) is 104 cm³/mol. The average Bonchev–Trinajstić information content (AvgIpc) is 3.20. The molecule has 10 nitrogen and oxygen atoms in total. The van der Waals surface area contributed by atoms with Crippen molar-refractivity contribution in [3.63, 3.8) is 0 Å². The molecule has 1 atom stereocenters. The first-order valence-electron chi connectivity index (χ1n) is 9.51. The van der Waals surface area contributed by atoms with E-state index in [1.807, 2.05) is 0 Å². The Morgan fingerprint density at radius 3 is 2.21 bits per heavy atom. The Morgan fingerprint density at radius 2 is 1.69 bits per heavy atom. The predicted octanol–water partition coefficient (Wildman–Crippen LogP) is 3.81. The van der Waals surface area contributed by atoms with Gasteiger partial charge < -0.3 is 14.2 Å². The maximum Gasteiger partial charge on any atom is 0.425 e. The van der Waals surface area contributed by atoms with Crippen LogP contribution < -0.4 is 4.90 Å². The molecule has 2 amide bonds. The molecule has 158 valence electrons. The molecule has 0 aliphatic carbocycles. The Labute approximate surface area is 169 Å². The van der Waals surface area contributed by atoms with Gasteiger partial charge in [-0.3, -0.25) is 4.57 Å². The highest BCUT2D eigenvalue weighted by atomic mass is 16.6. The lowest BCUT2D eigenvalue weighted by Gasteiger charge is -2.28. The van der Waals surface area contributed by atoms with Crippen LogP contribution in [0.25, 0.3) is 11.2 Å². The summed E-state index contributed by atoms with van der Waals surface area (Å²) in [5.74, 6) is -0.00440. The number of aromatic nitrogens is 4. The normalized spacial score (nSPS) is 17.4. The first-order valence-corrected chi connectivity index (χ1v) is 9.51. The van der Waals surface area contributed by atoms with E-state index in [4.69, 9.17) is 14.2 Å². The molecule has 0 bridgehead atoms. The SMILES string of the molecule is CC(C)(C)OC(=O)N(C(=O)OC(C)(C)C)c1ncnc2c1ncn2C1CCCO1. The molecule has 0 N–H and O–H groups in total. The second-order valence-corrected chi connectivity index (χ2v) is 8.79. The standard InChI is InChI=1S/C19H27N5O5/c1-18(2,3)28-16(25)24(17(26)29-19(4,5)6)15-13-14(20-10-21-15)23(11-22-13)12-8-7-9-27-12/h10-12H,7-9H2,1-6H3. The van der Waals surface area contributed by atoms with E-state index in [2.05, 4.69) is 15.0 Å². The van der Waals surface area contributed by atoms with Crippen molar-refractivity contribution >= 4 is 29.2 Å². The summed E-state index contributed by atoms with van der Waals surface area (Å²) >= 11 is 0. The molecular formula is C19H27N5O5. The molecule has 1 unspecified atom stereocenters. The third kappa shape index (κ3) is 4.81. The lowest BCUT2D eigenvalue weighted by molar-refractivity contribution is 0.0429. The van der Waals surface area contributed by atoms with Crippen LogP contribution in [-0.2, 0) is 14.2 Å². The minimum absolute atomic E-state index is 0.00440. The number of hydrogen-bond acceptors (Lipinski definition) is 8. The second-order valence-electron chi connectivity index (χ2n) is 8.79. The van der Waals surface area contributed by atoms with E-state index in [9.17, 15) is 9.59 Å². The van der Waals surface area contributed by atoms with Gasteiger partial charge in [0.2, 0.25) is 0 Å². The Morgan fingerprint density at radius 1 is 1.07 bits per heavy atom. The van der Waals surface area contributed by atoms with Crippen molar-refractivity contribution in [2.24, 2.45) is 0 Å². The summed E-state index contributed by atoms with van der Waals surface area (Å²) < 4.78 is 18.3. The van der Waals surface area contributed by atoms with E-state index in [-0.39, 0.29) is 17.6 Å². The summed E-state index contributed by atoms with van der Waals surface area (Å²) in [5, 5.41) is 0. The highest BCUT2D eigenvalue weighted by Crippen LogP contribution is 2.30. The summed E-state index contributed by atoms with van der Waals surface area (Å²) in [6.07, 6.45) is 2.60. The second kappa shape index (κ2) is 7.58. The third-order valence-electron chi connectivity index (χ3n) is 3.92. The Kier molecular flexibility index (Phi) is 5.48. The number of anilines is 1. The molecule has 3 heterocycles. The molecule has 2 aromatic rings. The number of rotatable bonds is 2. The summed E-state index contributed by atoms with van der Waals surface area (Å²) in [5.41, 5.74) is -0.903.